The zero-order valence-electron chi connectivity index (χ0n) is 21.5. The van der Waals surface area contributed by atoms with Gasteiger partial charge in [-0.25, -0.2) is 18.1 Å². The quantitative estimate of drug-likeness (QED) is 0.566. The molecule has 1 atom stereocenters. The fourth-order valence-corrected chi connectivity index (χ4v) is 5.61. The number of nitrogens with one attached hydrogen (secondary N) is 2. The van der Waals surface area contributed by atoms with E-state index in [0.29, 0.717) is 41.2 Å². The van der Waals surface area contributed by atoms with E-state index in [2.05, 4.69) is 20.0 Å². The maximum absolute atomic E-state index is 13.4. The van der Waals surface area contributed by atoms with Crippen molar-refractivity contribution in [1.29, 1.82) is 0 Å². The molecule has 2 N–H and O–H groups in total. The van der Waals surface area contributed by atoms with Crippen molar-refractivity contribution in [3.63, 3.8) is 0 Å². The van der Waals surface area contributed by atoms with E-state index in [1.54, 1.807) is 30.3 Å². The molecule has 0 fully saturated rings. The Bertz CT molecular complexity index is 1510. The summed E-state index contributed by atoms with van der Waals surface area (Å²) in [6, 6.07) is 6.29. The van der Waals surface area contributed by atoms with E-state index in [1.807, 2.05) is 32.9 Å². The van der Waals surface area contributed by atoms with Crippen molar-refractivity contribution in [1.82, 2.24) is 15.3 Å². The molecule has 1 amide bonds. The lowest BCUT2D eigenvalue weighted by Crippen LogP contribution is -2.35. The minimum atomic E-state index is -4.05. The number of anilines is 1. The maximum Gasteiger partial charge on any atom is 0.263 e. The van der Waals surface area contributed by atoms with Crippen LogP contribution in [0.15, 0.2) is 65.3 Å². The summed E-state index contributed by atoms with van der Waals surface area (Å²) in [6.45, 7) is 5.86. The zero-order chi connectivity index (χ0) is 26.9. The first-order chi connectivity index (χ1) is 18.2. The molecule has 10 heteroatoms. The van der Waals surface area contributed by atoms with Crippen LogP contribution >= 0.6 is 0 Å². The molecule has 2 aliphatic carbocycles. The molecule has 1 aliphatic heterocycles. The second kappa shape index (κ2) is 10.4. The number of hydrogen-bond acceptors (Lipinski definition) is 7. The SMILES string of the molecule is CCc1c2nc(nc1C1=CCCC=C1OC(C)C)NS(=O)(=O)C1=CC(CC=C1)NC(=O)c1cccc(c1)O2. The fourth-order valence-electron chi connectivity index (χ4n) is 4.54. The van der Waals surface area contributed by atoms with Crippen LogP contribution in [0.5, 0.6) is 11.6 Å². The average Bonchev–Trinajstić information content (AvgIpc) is 2.88. The topological polar surface area (TPSA) is 120 Å². The van der Waals surface area contributed by atoms with Crippen molar-refractivity contribution in [2.75, 3.05) is 4.72 Å². The second-order valence-corrected chi connectivity index (χ2v) is 11.2. The molecule has 1 aromatic heterocycles. The number of hydrogen-bond donors (Lipinski definition) is 2. The number of allylic oxidation sites excluding steroid dienone is 4. The Morgan fingerprint density at radius 3 is 2.79 bits per heavy atom. The minimum absolute atomic E-state index is 0.0210. The molecule has 2 heterocycles. The minimum Gasteiger partial charge on any atom is -0.491 e. The number of carbonyl (C=O) groups excluding carboxylic acids is 1. The number of nitrogens with zero attached hydrogens (tertiary/aromatic N) is 2. The first-order valence-corrected chi connectivity index (χ1v) is 14.2. The fraction of sp³-hybridized carbons (Fsp3) is 0.321. The van der Waals surface area contributed by atoms with Gasteiger partial charge in [0.15, 0.2) is 0 Å². The largest absolute Gasteiger partial charge is 0.491 e. The molecule has 9 nitrogen and oxygen atoms in total. The van der Waals surface area contributed by atoms with Crippen LogP contribution in [-0.2, 0) is 21.2 Å². The van der Waals surface area contributed by atoms with Crippen LogP contribution in [0.2, 0.25) is 0 Å². The Labute approximate surface area is 222 Å². The summed E-state index contributed by atoms with van der Waals surface area (Å²) in [4.78, 5) is 22.1. The first-order valence-electron chi connectivity index (χ1n) is 12.7. The summed E-state index contributed by atoms with van der Waals surface area (Å²) >= 11 is 0. The number of amides is 1. The summed E-state index contributed by atoms with van der Waals surface area (Å²) < 4.78 is 41.6. The highest BCUT2D eigenvalue weighted by Gasteiger charge is 2.27. The molecule has 3 aliphatic rings. The van der Waals surface area contributed by atoms with E-state index < -0.39 is 16.1 Å². The predicted molar refractivity (Wildman–Crippen MR) is 145 cm³/mol. The number of benzene rings is 1. The van der Waals surface area contributed by atoms with E-state index in [-0.39, 0.29) is 28.7 Å². The Morgan fingerprint density at radius 1 is 1.18 bits per heavy atom. The van der Waals surface area contributed by atoms with Crippen molar-refractivity contribution in [2.45, 2.75) is 58.6 Å². The highest BCUT2D eigenvalue weighted by atomic mass is 32.2. The summed E-state index contributed by atoms with van der Waals surface area (Å²) in [5, 5.41) is 2.88. The van der Waals surface area contributed by atoms with Crippen LogP contribution in [0.3, 0.4) is 0 Å². The Hall–Kier alpha value is -3.92. The molecule has 198 valence electrons. The lowest BCUT2D eigenvalue weighted by molar-refractivity contribution is 0.0944. The zero-order valence-corrected chi connectivity index (χ0v) is 22.3. The van der Waals surface area contributed by atoms with Gasteiger partial charge in [0.05, 0.1) is 22.7 Å². The molecule has 0 saturated heterocycles. The number of ether oxygens (including phenoxy) is 2. The highest BCUT2D eigenvalue weighted by molar-refractivity contribution is 7.96. The number of fused-ring (bicyclic) bond motifs is 5. The van der Waals surface area contributed by atoms with E-state index in [4.69, 9.17) is 9.47 Å². The molecular formula is C28H30N4O5S. The number of rotatable bonds is 4. The Morgan fingerprint density at radius 2 is 2.00 bits per heavy atom. The van der Waals surface area contributed by atoms with Crippen LogP contribution in [0.25, 0.3) is 5.57 Å². The second-order valence-electron chi connectivity index (χ2n) is 9.49. The van der Waals surface area contributed by atoms with Crippen LogP contribution in [0.1, 0.15) is 61.6 Å². The maximum atomic E-state index is 13.4. The van der Waals surface area contributed by atoms with E-state index >= 15 is 0 Å². The molecule has 6 bridgehead atoms. The molecule has 1 unspecified atom stereocenters. The number of carbonyl (C=O) groups is 1. The van der Waals surface area contributed by atoms with Crippen molar-refractivity contribution in [3.8, 4) is 11.6 Å². The van der Waals surface area contributed by atoms with Gasteiger partial charge < -0.3 is 14.8 Å². The van der Waals surface area contributed by atoms with Gasteiger partial charge in [-0.2, -0.15) is 4.98 Å². The van der Waals surface area contributed by atoms with Gasteiger partial charge in [0.2, 0.25) is 11.8 Å². The molecular weight excluding hydrogens is 504 g/mol. The van der Waals surface area contributed by atoms with Gasteiger partial charge in [-0.1, -0.05) is 25.1 Å². The standard InChI is InChI=1S/C28H30N4O5S/c1-4-22-25(23-13-5-6-14-24(23)36-17(2)3)30-28-31-27(22)37-20-11-7-9-18(15-20)26(33)29-19-10-8-12-21(16-19)38(34,35)32-28/h7-9,11-17,19H,4-6,10H2,1-3H3,(H,29,33)(H,30,31,32). The number of aromatic nitrogens is 2. The summed E-state index contributed by atoms with van der Waals surface area (Å²) in [5.41, 5.74) is 2.38. The van der Waals surface area contributed by atoms with Gasteiger partial charge >= 0.3 is 0 Å². The van der Waals surface area contributed by atoms with Gasteiger partial charge in [-0.3, -0.25) is 4.79 Å². The van der Waals surface area contributed by atoms with Gasteiger partial charge in [0.25, 0.3) is 15.9 Å². The molecule has 2 aromatic rings. The third kappa shape index (κ3) is 5.35. The first kappa shape index (κ1) is 25.7. The Kier molecular flexibility index (Phi) is 7.07. The van der Waals surface area contributed by atoms with Crippen molar-refractivity contribution < 1.29 is 22.7 Å². The molecule has 0 radical (unpaired) electrons. The molecule has 5 rings (SSSR count). The van der Waals surface area contributed by atoms with E-state index in [9.17, 15) is 13.2 Å². The summed E-state index contributed by atoms with van der Waals surface area (Å²) in [5.74, 6) is 0.840. The van der Waals surface area contributed by atoms with Crippen molar-refractivity contribution in [2.24, 2.45) is 0 Å². The van der Waals surface area contributed by atoms with Crippen LogP contribution in [0, 0.1) is 0 Å². The Balaban J connectivity index is 1.70. The monoisotopic (exact) mass is 534 g/mol. The van der Waals surface area contributed by atoms with E-state index in [0.717, 1.165) is 18.4 Å². The predicted octanol–water partition coefficient (Wildman–Crippen LogP) is 5.01. The molecule has 38 heavy (non-hydrogen) atoms. The lowest BCUT2D eigenvalue weighted by atomic mass is 9.97. The van der Waals surface area contributed by atoms with Gasteiger partial charge in [0.1, 0.15) is 11.5 Å². The molecule has 0 spiro atoms. The number of sulfonamides is 1. The summed E-state index contributed by atoms with van der Waals surface area (Å²) in [6.07, 6.45) is 11.4. The third-order valence-corrected chi connectivity index (χ3v) is 7.60. The van der Waals surface area contributed by atoms with Crippen LogP contribution in [0.4, 0.5) is 5.95 Å². The van der Waals surface area contributed by atoms with Crippen LogP contribution < -0.4 is 14.8 Å². The smallest absolute Gasteiger partial charge is 0.263 e. The normalized spacial score (nSPS) is 20.2. The third-order valence-electron chi connectivity index (χ3n) is 6.25. The van der Waals surface area contributed by atoms with Gasteiger partial charge in [-0.05, 0) is 76.0 Å². The van der Waals surface area contributed by atoms with Crippen molar-refractivity contribution >= 4 is 27.5 Å². The van der Waals surface area contributed by atoms with Crippen molar-refractivity contribution in [3.05, 3.63) is 82.1 Å². The van der Waals surface area contributed by atoms with Crippen LogP contribution in [-0.4, -0.2) is 36.4 Å². The van der Waals surface area contributed by atoms with Gasteiger partial charge in [-0.15, -0.1) is 0 Å². The highest BCUT2D eigenvalue weighted by Crippen LogP contribution is 2.37. The van der Waals surface area contributed by atoms with Gasteiger partial charge in [0, 0.05) is 16.7 Å². The lowest BCUT2D eigenvalue weighted by Gasteiger charge is -2.23. The summed E-state index contributed by atoms with van der Waals surface area (Å²) in [7, 11) is -4.05. The molecule has 0 saturated carbocycles. The average molecular weight is 535 g/mol. The molecule has 1 aromatic carbocycles. The van der Waals surface area contributed by atoms with E-state index in [1.165, 1.54) is 12.2 Å².